The molecule has 0 atom stereocenters. The van der Waals surface area contributed by atoms with Crippen molar-refractivity contribution >= 4 is 23.0 Å². The van der Waals surface area contributed by atoms with E-state index in [1.807, 2.05) is 6.07 Å². The number of nitrogens with zero attached hydrogens (tertiary/aromatic N) is 3. The zero-order chi connectivity index (χ0) is 18.5. The molecule has 3 rings (SSSR count). The summed E-state index contributed by atoms with van der Waals surface area (Å²) >= 11 is 0. The van der Waals surface area contributed by atoms with Gasteiger partial charge in [0.2, 0.25) is 12.5 Å². The fourth-order valence-corrected chi connectivity index (χ4v) is 2.37. The number of nitrogens with two attached hydrogens (primary N) is 1. The van der Waals surface area contributed by atoms with E-state index in [2.05, 4.69) is 19.8 Å². The molecule has 8 heteroatoms. The molecule has 0 bridgehead atoms. The van der Waals surface area contributed by atoms with E-state index in [0.29, 0.717) is 16.8 Å². The number of aromatic amines is 1. The number of aromatic nitrogens is 3. The van der Waals surface area contributed by atoms with Crippen molar-refractivity contribution < 1.29 is 13.9 Å². The molecule has 3 heterocycles. The summed E-state index contributed by atoms with van der Waals surface area (Å²) in [5.74, 6) is -1.31. The van der Waals surface area contributed by atoms with E-state index in [4.69, 9.17) is 17.0 Å². The number of fused-ring (bicyclic) bond motifs is 1. The average molecular weight is 351 g/mol. The van der Waals surface area contributed by atoms with Crippen LogP contribution in [0.4, 0.5) is 4.39 Å². The number of H-pyrrole nitrogens is 1. The summed E-state index contributed by atoms with van der Waals surface area (Å²) in [5, 5.41) is 0.762. The summed E-state index contributed by atoms with van der Waals surface area (Å²) in [4.78, 5) is 25.3. The molecule has 3 aromatic heterocycles. The minimum atomic E-state index is -0.615. The Morgan fingerprint density at radius 1 is 1.35 bits per heavy atom. The molecule has 3 N–H and O–H groups in total. The molecule has 0 saturated carbocycles. The van der Waals surface area contributed by atoms with Gasteiger partial charge in [0.1, 0.15) is 5.65 Å². The molecule has 130 valence electrons. The number of hydrogen-bond donors (Lipinski definition) is 2. The third-order valence-electron chi connectivity index (χ3n) is 3.57. The summed E-state index contributed by atoms with van der Waals surface area (Å²) in [6.45, 7) is 6.90. The third-order valence-corrected chi connectivity index (χ3v) is 3.57. The zero-order valence-electron chi connectivity index (χ0n) is 13.6. The first-order valence-corrected chi connectivity index (χ1v) is 7.65. The van der Waals surface area contributed by atoms with Gasteiger partial charge in [0.05, 0.1) is 0 Å². The molecule has 3 aromatic rings. The highest BCUT2D eigenvalue weighted by Gasteiger charge is 2.11. The Kier molecular flexibility index (Phi) is 4.90. The summed E-state index contributed by atoms with van der Waals surface area (Å²) in [6, 6.07) is 3.12. The Balaban J connectivity index is 1.92. The van der Waals surface area contributed by atoms with Crippen molar-refractivity contribution in [2.24, 2.45) is 5.73 Å². The van der Waals surface area contributed by atoms with Crippen molar-refractivity contribution in [3.63, 3.8) is 0 Å². The van der Waals surface area contributed by atoms with E-state index in [-0.39, 0.29) is 19.0 Å². The normalized spacial score (nSPS) is 10.9. The van der Waals surface area contributed by atoms with Crippen molar-refractivity contribution in [1.29, 1.82) is 0 Å². The lowest BCUT2D eigenvalue weighted by atomic mass is 10.1. The number of rotatable bonds is 6. The minimum Gasteiger partial charge on any atom is -0.468 e. The predicted octanol–water partition coefficient (Wildman–Crippen LogP) is 2.56. The van der Waals surface area contributed by atoms with Gasteiger partial charge in [0.15, 0.2) is 12.4 Å². The van der Waals surface area contributed by atoms with E-state index in [9.17, 15) is 9.18 Å². The number of primary amides is 1. The first kappa shape index (κ1) is 17.1. The smallest absolute Gasteiger partial charge is 0.250 e. The molecule has 0 aliphatic heterocycles. The predicted molar refractivity (Wildman–Crippen MR) is 94.5 cm³/mol. The molecule has 0 aromatic carbocycles. The highest BCUT2D eigenvalue weighted by Crippen LogP contribution is 2.27. The van der Waals surface area contributed by atoms with Gasteiger partial charge in [-0.2, -0.15) is 0 Å². The van der Waals surface area contributed by atoms with Crippen LogP contribution < -0.4 is 10.5 Å². The number of hydrogen-bond acceptors (Lipinski definition) is 4. The number of carbonyl (C=O) groups is 1. The first-order valence-electron chi connectivity index (χ1n) is 7.65. The van der Waals surface area contributed by atoms with Crippen molar-refractivity contribution in [2.75, 3.05) is 13.2 Å². The van der Waals surface area contributed by atoms with E-state index >= 15 is 0 Å². The molecule has 0 aliphatic carbocycles. The van der Waals surface area contributed by atoms with Crippen LogP contribution in [0.5, 0.6) is 5.88 Å². The van der Waals surface area contributed by atoms with Gasteiger partial charge in [-0.3, -0.25) is 4.79 Å². The summed E-state index contributed by atoms with van der Waals surface area (Å²) in [7, 11) is 0. The number of ether oxygens (including phenoxy) is 1. The van der Waals surface area contributed by atoms with Gasteiger partial charge in [0.25, 0.3) is 5.88 Å². The Morgan fingerprint density at radius 2 is 2.12 bits per heavy atom. The fraction of sp³-hybridized carbons (Fsp3) is 0.111. The third kappa shape index (κ3) is 3.67. The number of pyridine rings is 2. The van der Waals surface area contributed by atoms with Crippen molar-refractivity contribution in [3.8, 4) is 17.0 Å². The van der Waals surface area contributed by atoms with Crippen LogP contribution in [0.25, 0.3) is 33.1 Å². The van der Waals surface area contributed by atoms with Gasteiger partial charge in [-0.05, 0) is 18.2 Å². The quantitative estimate of drug-likeness (QED) is 0.405. The van der Waals surface area contributed by atoms with Gasteiger partial charge >= 0.3 is 0 Å². The number of carbonyl (C=O) groups excluding carboxylic acids is 1. The second-order valence-corrected chi connectivity index (χ2v) is 5.34. The van der Waals surface area contributed by atoms with Gasteiger partial charge in [0, 0.05) is 46.7 Å². The average Bonchev–Trinajstić information content (AvgIpc) is 3.03. The van der Waals surface area contributed by atoms with Crippen molar-refractivity contribution in [1.82, 2.24) is 15.0 Å². The Bertz CT molecular complexity index is 1040. The van der Waals surface area contributed by atoms with Crippen LogP contribution in [-0.4, -0.2) is 34.0 Å². The lowest BCUT2D eigenvalue weighted by Gasteiger charge is -2.06. The molecule has 0 fully saturated rings. The standard InChI is InChI=1S/C18H14FN5O2/c1-21-4-5-26-18-15(19)7-13(10-24-18)12-6-14-11(2-3-16(20)25)8-22-17(14)23-9-12/h2-3,6-10H,4-5H2,(H2,20,25)(H,22,23)/b3-2+. The molecule has 1 amide bonds. The Morgan fingerprint density at radius 3 is 2.85 bits per heavy atom. The van der Waals surface area contributed by atoms with Gasteiger partial charge < -0.3 is 20.3 Å². The minimum absolute atomic E-state index is 0.0825. The van der Waals surface area contributed by atoms with E-state index in [1.54, 1.807) is 18.5 Å². The molecule has 7 nitrogen and oxygen atoms in total. The second-order valence-electron chi connectivity index (χ2n) is 5.34. The molecule has 26 heavy (non-hydrogen) atoms. The van der Waals surface area contributed by atoms with Crippen LogP contribution in [0, 0.1) is 12.4 Å². The molecule has 0 saturated heterocycles. The maximum absolute atomic E-state index is 14.2. The SMILES string of the molecule is [C-]#[N+]CCOc1ncc(-c2cnc3[nH]cc(/C=C/C(N)=O)c3c2)cc1F. The van der Waals surface area contributed by atoms with E-state index in [0.717, 1.165) is 10.9 Å². The van der Waals surface area contributed by atoms with Crippen LogP contribution in [-0.2, 0) is 4.79 Å². The van der Waals surface area contributed by atoms with Crippen LogP contribution in [0.3, 0.4) is 0 Å². The van der Waals surface area contributed by atoms with Crippen molar-refractivity contribution in [3.05, 3.63) is 59.6 Å². The second kappa shape index (κ2) is 7.44. The summed E-state index contributed by atoms with van der Waals surface area (Å²) < 4.78 is 19.3. The van der Waals surface area contributed by atoms with Crippen LogP contribution in [0.2, 0.25) is 0 Å². The molecular weight excluding hydrogens is 337 g/mol. The zero-order valence-corrected chi connectivity index (χ0v) is 13.6. The summed E-state index contributed by atoms with van der Waals surface area (Å²) in [6.07, 6.45) is 7.61. The van der Waals surface area contributed by atoms with Crippen molar-refractivity contribution in [2.45, 2.75) is 0 Å². The maximum Gasteiger partial charge on any atom is 0.250 e. The van der Waals surface area contributed by atoms with Crippen LogP contribution in [0.15, 0.2) is 36.8 Å². The topological polar surface area (TPSA) is 98.2 Å². The molecule has 0 spiro atoms. The van der Waals surface area contributed by atoms with E-state index in [1.165, 1.54) is 18.3 Å². The number of amides is 1. The monoisotopic (exact) mass is 351 g/mol. The van der Waals surface area contributed by atoms with Gasteiger partial charge in [-0.1, -0.05) is 0 Å². The molecule has 0 radical (unpaired) electrons. The maximum atomic E-state index is 14.2. The lowest BCUT2D eigenvalue weighted by Crippen LogP contribution is -2.04. The number of nitrogens with one attached hydrogen (secondary N) is 1. The Hall–Kier alpha value is -3.73. The van der Waals surface area contributed by atoms with Crippen LogP contribution >= 0.6 is 0 Å². The Labute approximate surface area is 148 Å². The van der Waals surface area contributed by atoms with E-state index < -0.39 is 11.7 Å². The van der Waals surface area contributed by atoms with Gasteiger partial charge in [-0.25, -0.2) is 20.9 Å². The first-order chi connectivity index (χ1) is 12.6. The van der Waals surface area contributed by atoms with Crippen LogP contribution in [0.1, 0.15) is 5.56 Å². The highest BCUT2D eigenvalue weighted by atomic mass is 19.1. The largest absolute Gasteiger partial charge is 0.468 e. The lowest BCUT2D eigenvalue weighted by molar-refractivity contribution is -0.113. The molecule has 0 unspecified atom stereocenters. The number of halogens is 1. The molecule has 0 aliphatic rings. The summed E-state index contributed by atoms with van der Waals surface area (Å²) in [5.41, 5.74) is 7.67. The fourth-order valence-electron chi connectivity index (χ4n) is 2.37. The molecular formula is C18H14FN5O2. The van der Waals surface area contributed by atoms with Gasteiger partial charge in [-0.15, -0.1) is 0 Å². The highest BCUT2D eigenvalue weighted by molar-refractivity contribution is 5.95.